The molecule has 2 rings (SSSR count). The average molecular weight is 261 g/mol. The Bertz CT molecular complexity index is 412. The Kier molecular flexibility index (Phi) is 4.77. The zero-order valence-corrected chi connectivity index (χ0v) is 11.6. The van der Waals surface area contributed by atoms with E-state index in [2.05, 4.69) is 11.9 Å². The minimum absolute atomic E-state index is 0.205. The van der Waals surface area contributed by atoms with E-state index in [0.717, 1.165) is 31.5 Å². The van der Waals surface area contributed by atoms with Gasteiger partial charge in [-0.15, -0.1) is 0 Å². The molecule has 0 saturated heterocycles. The number of pyridine rings is 1. The first-order valence-corrected chi connectivity index (χ1v) is 7.26. The molecule has 0 aliphatic heterocycles. The maximum absolute atomic E-state index is 12.3. The molecular weight excluding hydrogens is 238 g/mol. The number of anilines is 2. The summed E-state index contributed by atoms with van der Waals surface area (Å²) in [6, 6.07) is 4.01. The molecule has 1 saturated carbocycles. The first kappa shape index (κ1) is 13.8. The van der Waals surface area contributed by atoms with E-state index >= 15 is 0 Å². The van der Waals surface area contributed by atoms with E-state index in [1.807, 2.05) is 17.0 Å². The molecule has 19 heavy (non-hydrogen) atoms. The molecule has 1 fully saturated rings. The monoisotopic (exact) mass is 261 g/mol. The van der Waals surface area contributed by atoms with Gasteiger partial charge in [0, 0.05) is 12.5 Å². The third-order valence-corrected chi connectivity index (χ3v) is 3.44. The first-order valence-electron chi connectivity index (χ1n) is 7.26. The second-order valence-electron chi connectivity index (χ2n) is 5.26. The Morgan fingerprint density at radius 1 is 1.37 bits per heavy atom. The fourth-order valence-corrected chi connectivity index (χ4v) is 2.21. The van der Waals surface area contributed by atoms with Crippen LogP contribution in [-0.2, 0) is 4.79 Å². The summed E-state index contributed by atoms with van der Waals surface area (Å²) in [4.78, 5) is 18.5. The van der Waals surface area contributed by atoms with Gasteiger partial charge in [-0.05, 0) is 31.4 Å². The number of rotatable bonds is 7. The van der Waals surface area contributed by atoms with E-state index < -0.39 is 0 Å². The topological polar surface area (TPSA) is 59.2 Å². The third-order valence-electron chi connectivity index (χ3n) is 3.44. The Morgan fingerprint density at radius 2 is 2.16 bits per heavy atom. The van der Waals surface area contributed by atoms with Gasteiger partial charge in [0.2, 0.25) is 5.91 Å². The number of nitrogens with zero attached hydrogens (tertiary/aromatic N) is 2. The van der Waals surface area contributed by atoms with Crippen LogP contribution in [0.25, 0.3) is 0 Å². The Hall–Kier alpha value is -1.58. The first-order chi connectivity index (χ1) is 9.22. The second-order valence-corrected chi connectivity index (χ2v) is 5.26. The molecule has 4 heteroatoms. The highest BCUT2D eigenvalue weighted by Crippen LogP contribution is 2.31. The molecule has 1 aliphatic rings. The van der Waals surface area contributed by atoms with Crippen molar-refractivity contribution in [2.24, 2.45) is 0 Å². The molecule has 0 radical (unpaired) electrons. The number of hydrogen-bond donors (Lipinski definition) is 1. The summed E-state index contributed by atoms with van der Waals surface area (Å²) in [5.41, 5.74) is 6.28. The molecule has 0 spiro atoms. The van der Waals surface area contributed by atoms with Gasteiger partial charge in [0.05, 0.1) is 11.9 Å². The van der Waals surface area contributed by atoms with Crippen LogP contribution < -0.4 is 10.6 Å². The van der Waals surface area contributed by atoms with Crippen molar-refractivity contribution in [3.63, 3.8) is 0 Å². The number of carbonyl (C=O) groups excluding carboxylic acids is 1. The maximum atomic E-state index is 12.3. The Balaban J connectivity index is 1.95. The molecule has 0 bridgehead atoms. The highest BCUT2D eigenvalue weighted by molar-refractivity contribution is 5.93. The van der Waals surface area contributed by atoms with Crippen molar-refractivity contribution in [3.8, 4) is 0 Å². The molecule has 2 N–H and O–H groups in total. The van der Waals surface area contributed by atoms with Crippen LogP contribution in [0.5, 0.6) is 0 Å². The highest BCUT2D eigenvalue weighted by Gasteiger charge is 2.33. The zero-order valence-electron chi connectivity index (χ0n) is 11.6. The SMILES string of the molecule is CCCCCCC(=O)N(c1ccc(N)cn1)C1CC1. The third kappa shape index (κ3) is 3.94. The summed E-state index contributed by atoms with van der Waals surface area (Å²) in [6.45, 7) is 2.18. The lowest BCUT2D eigenvalue weighted by Crippen LogP contribution is -2.33. The normalized spacial score (nSPS) is 14.4. The number of nitrogens with two attached hydrogens (primary N) is 1. The molecule has 0 atom stereocenters. The van der Waals surface area contributed by atoms with Crippen LogP contribution in [0.1, 0.15) is 51.9 Å². The molecule has 1 heterocycles. The van der Waals surface area contributed by atoms with Crippen LogP contribution in [0, 0.1) is 0 Å². The number of aromatic nitrogens is 1. The van der Waals surface area contributed by atoms with Crippen molar-refractivity contribution in [3.05, 3.63) is 18.3 Å². The largest absolute Gasteiger partial charge is 0.397 e. The molecular formula is C15H23N3O. The van der Waals surface area contributed by atoms with Gasteiger partial charge in [-0.3, -0.25) is 9.69 Å². The number of hydrogen-bond acceptors (Lipinski definition) is 3. The van der Waals surface area contributed by atoms with Crippen molar-refractivity contribution in [1.29, 1.82) is 0 Å². The minimum atomic E-state index is 0.205. The van der Waals surface area contributed by atoms with Gasteiger partial charge >= 0.3 is 0 Å². The number of nitrogen functional groups attached to an aromatic ring is 1. The smallest absolute Gasteiger partial charge is 0.228 e. The highest BCUT2D eigenvalue weighted by atomic mass is 16.2. The van der Waals surface area contributed by atoms with Crippen LogP contribution in [0.3, 0.4) is 0 Å². The van der Waals surface area contributed by atoms with Gasteiger partial charge in [-0.2, -0.15) is 0 Å². The number of amides is 1. The van der Waals surface area contributed by atoms with E-state index in [1.54, 1.807) is 6.20 Å². The van der Waals surface area contributed by atoms with Crippen molar-refractivity contribution in [2.75, 3.05) is 10.6 Å². The second kappa shape index (κ2) is 6.55. The molecule has 0 unspecified atom stereocenters. The lowest BCUT2D eigenvalue weighted by molar-refractivity contribution is -0.118. The van der Waals surface area contributed by atoms with E-state index in [0.29, 0.717) is 18.2 Å². The Labute approximate surface area is 115 Å². The molecule has 1 aromatic heterocycles. The molecule has 1 aliphatic carbocycles. The summed E-state index contributed by atoms with van der Waals surface area (Å²) in [5.74, 6) is 0.952. The molecule has 4 nitrogen and oxygen atoms in total. The van der Waals surface area contributed by atoms with Crippen LogP contribution in [0.2, 0.25) is 0 Å². The lowest BCUT2D eigenvalue weighted by atomic mass is 10.1. The van der Waals surface area contributed by atoms with Gasteiger partial charge in [0.25, 0.3) is 0 Å². The van der Waals surface area contributed by atoms with E-state index in [9.17, 15) is 4.79 Å². The van der Waals surface area contributed by atoms with Crippen molar-refractivity contribution in [2.45, 2.75) is 57.9 Å². The standard InChI is InChI=1S/C15H23N3O/c1-2-3-4-5-6-15(19)18(13-8-9-13)14-10-7-12(16)11-17-14/h7,10-11,13H,2-6,8-9,16H2,1H3. The van der Waals surface area contributed by atoms with Gasteiger partial charge in [0.1, 0.15) is 5.82 Å². The quantitative estimate of drug-likeness (QED) is 0.767. The van der Waals surface area contributed by atoms with Gasteiger partial charge in [0.15, 0.2) is 0 Å². The van der Waals surface area contributed by atoms with Gasteiger partial charge in [-0.25, -0.2) is 4.98 Å². The Morgan fingerprint density at radius 3 is 2.74 bits per heavy atom. The number of unbranched alkanes of at least 4 members (excludes halogenated alkanes) is 3. The fraction of sp³-hybridized carbons (Fsp3) is 0.600. The van der Waals surface area contributed by atoms with E-state index in [-0.39, 0.29) is 5.91 Å². The van der Waals surface area contributed by atoms with E-state index in [1.165, 1.54) is 12.8 Å². The van der Waals surface area contributed by atoms with Crippen molar-refractivity contribution < 1.29 is 4.79 Å². The van der Waals surface area contributed by atoms with Gasteiger partial charge in [-0.1, -0.05) is 26.2 Å². The van der Waals surface area contributed by atoms with Crippen molar-refractivity contribution in [1.82, 2.24) is 4.98 Å². The van der Waals surface area contributed by atoms with Crippen LogP contribution in [0.15, 0.2) is 18.3 Å². The van der Waals surface area contributed by atoms with E-state index in [4.69, 9.17) is 5.73 Å². The predicted octanol–water partition coefficient (Wildman–Crippen LogP) is 3.13. The molecule has 104 valence electrons. The summed E-state index contributed by atoms with van der Waals surface area (Å²) < 4.78 is 0. The summed E-state index contributed by atoms with van der Waals surface area (Å²) in [7, 11) is 0. The van der Waals surface area contributed by atoms with Crippen LogP contribution in [-0.4, -0.2) is 16.9 Å². The van der Waals surface area contributed by atoms with Crippen LogP contribution >= 0.6 is 0 Å². The van der Waals surface area contributed by atoms with Crippen LogP contribution in [0.4, 0.5) is 11.5 Å². The fourth-order valence-electron chi connectivity index (χ4n) is 2.21. The maximum Gasteiger partial charge on any atom is 0.228 e. The molecule has 1 amide bonds. The lowest BCUT2D eigenvalue weighted by Gasteiger charge is -2.21. The summed E-state index contributed by atoms with van der Waals surface area (Å²) >= 11 is 0. The molecule has 0 aromatic carbocycles. The average Bonchev–Trinajstić information content (AvgIpc) is 3.22. The summed E-state index contributed by atoms with van der Waals surface area (Å²) in [6.07, 6.45) is 8.94. The number of carbonyl (C=O) groups is 1. The summed E-state index contributed by atoms with van der Waals surface area (Å²) in [5, 5.41) is 0. The molecule has 1 aromatic rings. The van der Waals surface area contributed by atoms with Crippen molar-refractivity contribution >= 4 is 17.4 Å². The zero-order chi connectivity index (χ0) is 13.7. The van der Waals surface area contributed by atoms with Gasteiger partial charge < -0.3 is 5.73 Å². The predicted molar refractivity (Wildman–Crippen MR) is 77.9 cm³/mol. The minimum Gasteiger partial charge on any atom is -0.397 e.